The first-order valence-electron chi connectivity index (χ1n) is 7.78. The number of carbonyl (C=O) groups is 1. The summed E-state index contributed by atoms with van der Waals surface area (Å²) < 4.78 is 13.6. The number of ether oxygens (including phenoxy) is 2. The molecule has 140 valence electrons. The van der Waals surface area contributed by atoms with Crippen LogP contribution in [0.5, 0.6) is 17.4 Å². The molecule has 3 aromatic rings. The van der Waals surface area contributed by atoms with Gasteiger partial charge >= 0.3 is 5.91 Å². The van der Waals surface area contributed by atoms with Gasteiger partial charge in [0, 0.05) is 16.9 Å². The molecule has 0 spiro atoms. The van der Waals surface area contributed by atoms with Crippen LogP contribution in [0.4, 0.5) is 5.69 Å². The van der Waals surface area contributed by atoms with Gasteiger partial charge in [-0.15, -0.1) is 10.2 Å². The maximum atomic E-state index is 12.0. The summed E-state index contributed by atoms with van der Waals surface area (Å²) in [7, 11) is 3.27. The van der Waals surface area contributed by atoms with Crippen LogP contribution < -0.4 is 9.47 Å². The number of azo groups is 1. The lowest BCUT2D eigenvalue weighted by Gasteiger charge is -2.07. The van der Waals surface area contributed by atoms with Gasteiger partial charge in [0.25, 0.3) is 0 Å². The number of halogens is 2. The number of hydrogen-bond donors (Lipinski definition) is 1. The highest BCUT2D eigenvalue weighted by atomic mass is 79.9. The summed E-state index contributed by atoms with van der Waals surface area (Å²) in [5.74, 6) is 0.497. The normalized spacial score (nSPS) is 11.3. The van der Waals surface area contributed by atoms with Crippen molar-refractivity contribution in [1.29, 1.82) is 0 Å². The molecule has 0 fully saturated rings. The van der Waals surface area contributed by atoms with Crippen LogP contribution in [-0.2, 0) is 11.8 Å². The molecule has 0 aliphatic carbocycles. The molecular weight excluding hydrogens is 482 g/mol. The van der Waals surface area contributed by atoms with Crippen molar-refractivity contribution in [2.75, 3.05) is 13.7 Å². The quantitative estimate of drug-likeness (QED) is 0.497. The van der Waals surface area contributed by atoms with Crippen LogP contribution in [0.2, 0.25) is 0 Å². The maximum absolute atomic E-state index is 12.0. The Hall–Kier alpha value is -2.39. The van der Waals surface area contributed by atoms with Crippen molar-refractivity contribution in [2.45, 2.75) is 0 Å². The number of rotatable bonds is 5. The minimum absolute atomic E-state index is 0.0709. The first-order valence-corrected chi connectivity index (χ1v) is 9.37. The van der Waals surface area contributed by atoms with E-state index in [0.717, 1.165) is 9.99 Å². The minimum atomic E-state index is -0.580. The first kappa shape index (κ1) is 19.4. The third kappa shape index (κ3) is 4.14. The molecule has 3 rings (SSSR count). The molecule has 0 bridgehead atoms. The Morgan fingerprint density at radius 1 is 1.22 bits per heavy atom. The van der Waals surface area contributed by atoms with Gasteiger partial charge in [-0.2, -0.15) is 0 Å². The summed E-state index contributed by atoms with van der Waals surface area (Å²) >= 11 is 6.73. The fourth-order valence-corrected chi connectivity index (χ4v) is 3.32. The van der Waals surface area contributed by atoms with Crippen molar-refractivity contribution >= 4 is 54.4 Å². The van der Waals surface area contributed by atoms with E-state index in [-0.39, 0.29) is 18.2 Å². The Bertz CT molecular complexity index is 1050. The zero-order chi connectivity index (χ0) is 19.6. The molecule has 2 aromatic carbocycles. The Morgan fingerprint density at radius 3 is 2.70 bits per heavy atom. The highest BCUT2D eigenvalue weighted by Crippen LogP contribution is 2.39. The number of carbonyl (C=O) groups excluding carboxylic acids is 1. The minimum Gasteiger partial charge on any atom is -0.497 e. The number of fused-ring (bicyclic) bond motifs is 1. The van der Waals surface area contributed by atoms with Crippen LogP contribution in [-0.4, -0.2) is 29.3 Å². The number of benzene rings is 2. The number of aromatic hydroxyl groups is 1. The molecule has 9 heteroatoms. The Morgan fingerprint density at radius 2 is 2.00 bits per heavy atom. The Kier molecular flexibility index (Phi) is 5.81. The maximum Gasteiger partial charge on any atom is 0.302 e. The summed E-state index contributed by atoms with van der Waals surface area (Å²) in [6.07, 6.45) is 0. The SMILES string of the molecule is COc1ccc(OCC(=O)N=Nc2c(O)n(C)c3ccc(Br)cc23)c(Br)c1. The number of aryl methyl sites for hydroxylation is 1. The average Bonchev–Trinajstić information content (AvgIpc) is 2.88. The molecule has 0 unspecified atom stereocenters. The lowest BCUT2D eigenvalue weighted by atomic mass is 10.2. The van der Waals surface area contributed by atoms with Crippen molar-refractivity contribution in [3.63, 3.8) is 0 Å². The van der Waals surface area contributed by atoms with Gasteiger partial charge in [0.2, 0.25) is 5.88 Å². The Balaban J connectivity index is 1.75. The highest BCUT2D eigenvalue weighted by Gasteiger charge is 2.15. The molecule has 1 heterocycles. The van der Waals surface area contributed by atoms with Gasteiger partial charge in [0.05, 0.1) is 17.1 Å². The molecular formula is C18H15Br2N3O4. The monoisotopic (exact) mass is 495 g/mol. The Labute approximate surface area is 171 Å². The van der Waals surface area contributed by atoms with Crippen molar-refractivity contribution in [1.82, 2.24) is 4.57 Å². The zero-order valence-electron chi connectivity index (χ0n) is 14.4. The van der Waals surface area contributed by atoms with Crippen molar-refractivity contribution in [3.8, 4) is 17.4 Å². The smallest absolute Gasteiger partial charge is 0.302 e. The summed E-state index contributed by atoms with van der Waals surface area (Å²) in [6, 6.07) is 10.6. The van der Waals surface area contributed by atoms with Gasteiger partial charge in [-0.1, -0.05) is 15.9 Å². The summed E-state index contributed by atoms with van der Waals surface area (Å²) in [5, 5.41) is 18.5. The lowest BCUT2D eigenvalue weighted by molar-refractivity contribution is -0.120. The van der Waals surface area contributed by atoms with Gasteiger partial charge in [0.15, 0.2) is 12.3 Å². The van der Waals surface area contributed by atoms with E-state index < -0.39 is 5.91 Å². The first-order chi connectivity index (χ1) is 12.9. The van der Waals surface area contributed by atoms with E-state index in [2.05, 4.69) is 42.1 Å². The van der Waals surface area contributed by atoms with E-state index in [0.29, 0.717) is 21.4 Å². The van der Waals surface area contributed by atoms with Crippen LogP contribution in [0.15, 0.2) is 55.6 Å². The number of aromatic nitrogens is 1. The predicted octanol–water partition coefficient (Wildman–Crippen LogP) is 5.11. The second-order valence-corrected chi connectivity index (χ2v) is 7.34. The van der Waals surface area contributed by atoms with Crippen molar-refractivity contribution in [3.05, 3.63) is 45.3 Å². The topological polar surface area (TPSA) is 85.4 Å². The predicted molar refractivity (Wildman–Crippen MR) is 108 cm³/mol. The molecule has 0 saturated heterocycles. The van der Waals surface area contributed by atoms with E-state index in [1.807, 2.05) is 12.1 Å². The number of amides is 1. The second-order valence-electron chi connectivity index (χ2n) is 5.57. The van der Waals surface area contributed by atoms with Gasteiger partial charge in [-0.25, -0.2) is 0 Å². The second kappa shape index (κ2) is 8.10. The average molecular weight is 497 g/mol. The van der Waals surface area contributed by atoms with E-state index in [1.54, 1.807) is 43.0 Å². The number of methoxy groups -OCH3 is 1. The van der Waals surface area contributed by atoms with Crippen LogP contribution in [0.25, 0.3) is 10.9 Å². The summed E-state index contributed by atoms with van der Waals surface area (Å²) in [6.45, 7) is -0.288. The summed E-state index contributed by atoms with van der Waals surface area (Å²) in [5.41, 5.74) is 1.00. The van der Waals surface area contributed by atoms with Crippen LogP contribution in [0.1, 0.15) is 0 Å². The van der Waals surface area contributed by atoms with Crippen molar-refractivity contribution < 1.29 is 19.4 Å². The van der Waals surface area contributed by atoms with Crippen LogP contribution >= 0.6 is 31.9 Å². The lowest BCUT2D eigenvalue weighted by Crippen LogP contribution is -2.08. The highest BCUT2D eigenvalue weighted by molar-refractivity contribution is 9.10. The van der Waals surface area contributed by atoms with E-state index in [1.165, 1.54) is 0 Å². The summed E-state index contributed by atoms with van der Waals surface area (Å²) in [4.78, 5) is 12.0. The van der Waals surface area contributed by atoms with E-state index in [9.17, 15) is 9.90 Å². The van der Waals surface area contributed by atoms with Gasteiger partial charge < -0.3 is 19.1 Å². The van der Waals surface area contributed by atoms with E-state index >= 15 is 0 Å². The third-order valence-electron chi connectivity index (χ3n) is 3.86. The molecule has 7 nitrogen and oxygen atoms in total. The molecule has 0 aliphatic heterocycles. The largest absolute Gasteiger partial charge is 0.497 e. The van der Waals surface area contributed by atoms with Gasteiger partial charge in [-0.05, 0) is 52.3 Å². The molecule has 0 radical (unpaired) electrons. The van der Waals surface area contributed by atoms with Crippen molar-refractivity contribution in [2.24, 2.45) is 17.3 Å². The molecule has 1 amide bonds. The molecule has 1 N–H and O–H groups in total. The molecule has 0 aliphatic rings. The van der Waals surface area contributed by atoms with E-state index in [4.69, 9.17) is 9.47 Å². The fraction of sp³-hybridized carbons (Fsp3) is 0.167. The fourth-order valence-electron chi connectivity index (χ4n) is 2.48. The molecule has 1 aromatic heterocycles. The van der Waals surface area contributed by atoms with Gasteiger partial charge in [-0.3, -0.25) is 4.79 Å². The van der Waals surface area contributed by atoms with Crippen LogP contribution in [0, 0.1) is 0 Å². The zero-order valence-corrected chi connectivity index (χ0v) is 17.6. The molecule has 0 saturated carbocycles. The number of nitrogens with zero attached hydrogens (tertiary/aromatic N) is 3. The third-order valence-corrected chi connectivity index (χ3v) is 4.97. The van der Waals surface area contributed by atoms with Gasteiger partial charge in [0.1, 0.15) is 11.5 Å². The van der Waals surface area contributed by atoms with Crippen LogP contribution in [0.3, 0.4) is 0 Å². The number of hydrogen-bond acceptors (Lipinski definition) is 5. The molecule has 27 heavy (non-hydrogen) atoms. The standard InChI is InChI=1S/C18H15Br2N3O4/c1-23-14-5-3-10(19)7-12(14)17(18(23)25)22-21-16(24)9-27-15-6-4-11(26-2)8-13(15)20/h3-8,25H,9H2,1-2H3. The molecule has 0 atom stereocenters.